The molecule has 0 saturated heterocycles. The molecule has 0 fully saturated rings. The lowest BCUT2D eigenvalue weighted by molar-refractivity contribution is 0.640. The van der Waals surface area contributed by atoms with Gasteiger partial charge in [0.2, 0.25) is 0 Å². The van der Waals surface area contributed by atoms with E-state index in [0.717, 1.165) is 0 Å². The minimum absolute atomic E-state index is 0.612. The summed E-state index contributed by atoms with van der Waals surface area (Å²) in [5, 5.41) is 0. The molecule has 74 valence electrons. The van der Waals surface area contributed by atoms with E-state index in [1.807, 2.05) is 0 Å². The van der Waals surface area contributed by atoms with Gasteiger partial charge in [-0.25, -0.2) is 0 Å². The topological polar surface area (TPSA) is 0 Å². The highest BCUT2D eigenvalue weighted by atomic mass is 14.2. The minimum atomic E-state index is 0.612. The van der Waals surface area contributed by atoms with Crippen LogP contribution < -0.4 is 0 Å². The fourth-order valence-electron chi connectivity index (χ4n) is 2.28. The third kappa shape index (κ3) is 1.75. The normalized spacial score (nSPS) is 29.6. The molecular formula is C14H18. The van der Waals surface area contributed by atoms with Gasteiger partial charge in [-0.15, -0.1) is 0 Å². The summed E-state index contributed by atoms with van der Waals surface area (Å²) in [5.74, 6) is 1.23. The van der Waals surface area contributed by atoms with Crippen molar-refractivity contribution in [3.63, 3.8) is 0 Å². The van der Waals surface area contributed by atoms with Crippen LogP contribution in [0.15, 0.2) is 47.6 Å². The quantitative estimate of drug-likeness (QED) is 0.610. The van der Waals surface area contributed by atoms with Gasteiger partial charge in [0.05, 0.1) is 0 Å². The van der Waals surface area contributed by atoms with Crippen LogP contribution in [0.2, 0.25) is 0 Å². The molecule has 2 rings (SSSR count). The molecule has 0 radical (unpaired) electrons. The lowest BCUT2D eigenvalue weighted by atomic mass is 9.79. The fourth-order valence-corrected chi connectivity index (χ4v) is 2.28. The first kappa shape index (κ1) is 9.51. The minimum Gasteiger partial charge on any atom is -0.0767 e. The van der Waals surface area contributed by atoms with Gasteiger partial charge in [-0.1, -0.05) is 55.4 Å². The maximum Gasteiger partial charge on any atom is 0.00535 e. The molecule has 0 aliphatic heterocycles. The first-order valence-corrected chi connectivity index (χ1v) is 5.55. The van der Waals surface area contributed by atoms with Crippen molar-refractivity contribution in [3.05, 3.63) is 47.6 Å². The van der Waals surface area contributed by atoms with E-state index in [9.17, 15) is 0 Å². The van der Waals surface area contributed by atoms with Crippen molar-refractivity contribution in [3.8, 4) is 0 Å². The molecule has 0 bridgehead atoms. The first-order chi connectivity index (χ1) is 6.81. The van der Waals surface area contributed by atoms with Crippen molar-refractivity contribution in [2.45, 2.75) is 26.7 Å². The molecule has 2 aliphatic carbocycles. The van der Waals surface area contributed by atoms with Gasteiger partial charge in [0.15, 0.2) is 0 Å². The highest BCUT2D eigenvalue weighted by molar-refractivity contribution is 5.39. The molecule has 0 N–H and O–H groups in total. The van der Waals surface area contributed by atoms with E-state index in [0.29, 0.717) is 11.8 Å². The summed E-state index contributed by atoms with van der Waals surface area (Å²) in [5.41, 5.74) is 3.03. The standard InChI is InChI=1S/C14H18/c1-3-6-12-10-14-8-5-4-7-13(14)9-11(12)2/h4-5,7-10,13-14H,3,6H2,1-2H3. The largest absolute Gasteiger partial charge is 0.0767 e. The van der Waals surface area contributed by atoms with Crippen LogP contribution in [-0.4, -0.2) is 0 Å². The summed E-state index contributed by atoms with van der Waals surface area (Å²) in [4.78, 5) is 0. The fraction of sp³-hybridized carbons (Fsp3) is 0.429. The van der Waals surface area contributed by atoms with Crippen LogP contribution in [-0.2, 0) is 0 Å². The molecule has 2 unspecified atom stereocenters. The Bertz CT molecular complexity index is 326. The zero-order valence-corrected chi connectivity index (χ0v) is 9.03. The van der Waals surface area contributed by atoms with Crippen LogP contribution in [0.1, 0.15) is 26.7 Å². The highest BCUT2D eigenvalue weighted by Crippen LogP contribution is 2.33. The summed E-state index contributed by atoms with van der Waals surface area (Å²) in [6.45, 7) is 4.49. The van der Waals surface area contributed by atoms with Crippen molar-refractivity contribution in [1.82, 2.24) is 0 Å². The Morgan fingerprint density at radius 2 is 1.71 bits per heavy atom. The van der Waals surface area contributed by atoms with Crippen molar-refractivity contribution in [2.75, 3.05) is 0 Å². The van der Waals surface area contributed by atoms with E-state index < -0.39 is 0 Å². The van der Waals surface area contributed by atoms with Gasteiger partial charge in [0, 0.05) is 11.8 Å². The average molecular weight is 186 g/mol. The molecule has 2 aliphatic rings. The maximum absolute atomic E-state index is 2.45. The molecule has 0 aromatic heterocycles. The molecule has 0 spiro atoms. The predicted molar refractivity (Wildman–Crippen MR) is 62.0 cm³/mol. The number of hydrogen-bond acceptors (Lipinski definition) is 0. The Hall–Kier alpha value is -1.04. The predicted octanol–water partition coefficient (Wildman–Crippen LogP) is 4.03. The second-order valence-electron chi connectivity index (χ2n) is 4.22. The van der Waals surface area contributed by atoms with Crippen molar-refractivity contribution in [2.24, 2.45) is 11.8 Å². The SMILES string of the molecule is CCCC1=CC2C=CC=CC2C=C1C. The van der Waals surface area contributed by atoms with Gasteiger partial charge >= 0.3 is 0 Å². The Morgan fingerprint density at radius 3 is 2.36 bits per heavy atom. The van der Waals surface area contributed by atoms with Crippen LogP contribution in [0.25, 0.3) is 0 Å². The maximum atomic E-state index is 2.45. The Kier molecular flexibility index (Phi) is 2.72. The number of rotatable bonds is 2. The van der Waals surface area contributed by atoms with Crippen LogP contribution in [0.5, 0.6) is 0 Å². The molecule has 0 aromatic rings. The molecular weight excluding hydrogens is 168 g/mol. The van der Waals surface area contributed by atoms with Gasteiger partial charge in [-0.3, -0.25) is 0 Å². The lowest BCUT2D eigenvalue weighted by Gasteiger charge is -2.25. The van der Waals surface area contributed by atoms with Crippen molar-refractivity contribution in [1.29, 1.82) is 0 Å². The molecule has 2 atom stereocenters. The number of fused-ring (bicyclic) bond motifs is 1. The van der Waals surface area contributed by atoms with Crippen LogP contribution >= 0.6 is 0 Å². The second-order valence-corrected chi connectivity index (χ2v) is 4.22. The second kappa shape index (κ2) is 4.00. The molecule has 0 nitrogen and oxygen atoms in total. The smallest absolute Gasteiger partial charge is 0.00535 e. The average Bonchev–Trinajstić information content (AvgIpc) is 2.19. The third-order valence-corrected chi connectivity index (χ3v) is 3.08. The highest BCUT2D eigenvalue weighted by Gasteiger charge is 2.19. The van der Waals surface area contributed by atoms with Gasteiger partial charge in [-0.2, -0.15) is 0 Å². The summed E-state index contributed by atoms with van der Waals surface area (Å²) in [6.07, 6.45) is 16.3. The van der Waals surface area contributed by atoms with E-state index in [-0.39, 0.29) is 0 Å². The van der Waals surface area contributed by atoms with Crippen LogP contribution in [0, 0.1) is 11.8 Å². The van der Waals surface area contributed by atoms with Crippen molar-refractivity contribution < 1.29 is 0 Å². The van der Waals surface area contributed by atoms with Gasteiger partial charge < -0.3 is 0 Å². The van der Waals surface area contributed by atoms with Crippen LogP contribution in [0.3, 0.4) is 0 Å². The number of allylic oxidation sites excluding steroid dienone is 8. The van der Waals surface area contributed by atoms with E-state index in [1.165, 1.54) is 18.4 Å². The van der Waals surface area contributed by atoms with Crippen LogP contribution in [0.4, 0.5) is 0 Å². The first-order valence-electron chi connectivity index (χ1n) is 5.55. The van der Waals surface area contributed by atoms with Gasteiger partial charge in [-0.05, 0) is 18.9 Å². The zero-order chi connectivity index (χ0) is 9.97. The van der Waals surface area contributed by atoms with Crippen molar-refractivity contribution >= 4 is 0 Å². The monoisotopic (exact) mass is 186 g/mol. The summed E-state index contributed by atoms with van der Waals surface area (Å²) in [6, 6.07) is 0. The van der Waals surface area contributed by atoms with Gasteiger partial charge in [0.1, 0.15) is 0 Å². The molecule has 0 saturated carbocycles. The Labute approximate surface area is 86.7 Å². The molecule has 0 amide bonds. The van der Waals surface area contributed by atoms with E-state index >= 15 is 0 Å². The molecule has 0 heterocycles. The van der Waals surface area contributed by atoms with E-state index in [4.69, 9.17) is 0 Å². The molecule has 0 aromatic carbocycles. The molecule has 14 heavy (non-hydrogen) atoms. The summed E-state index contributed by atoms with van der Waals surface area (Å²) >= 11 is 0. The summed E-state index contributed by atoms with van der Waals surface area (Å²) < 4.78 is 0. The Balaban J connectivity index is 2.22. The third-order valence-electron chi connectivity index (χ3n) is 3.08. The zero-order valence-electron chi connectivity index (χ0n) is 9.03. The van der Waals surface area contributed by atoms with E-state index in [2.05, 4.69) is 50.3 Å². The van der Waals surface area contributed by atoms with Gasteiger partial charge in [0.25, 0.3) is 0 Å². The molecule has 0 heteroatoms. The van der Waals surface area contributed by atoms with E-state index in [1.54, 1.807) is 5.57 Å². The lowest BCUT2D eigenvalue weighted by Crippen LogP contribution is -2.13. The Morgan fingerprint density at radius 1 is 1.07 bits per heavy atom. The number of hydrogen-bond donors (Lipinski definition) is 0. The summed E-state index contributed by atoms with van der Waals surface area (Å²) in [7, 11) is 0.